The van der Waals surface area contributed by atoms with Crippen LogP contribution < -0.4 is 5.32 Å². The predicted octanol–water partition coefficient (Wildman–Crippen LogP) is 2.40. The molecule has 0 saturated heterocycles. The van der Waals surface area contributed by atoms with Gasteiger partial charge in [0.25, 0.3) is 0 Å². The SMILES string of the molecule is CCC(C)(CO)Nc1ccccc1F. The first kappa shape index (κ1) is 11.0. The van der Waals surface area contributed by atoms with Gasteiger partial charge in [-0.1, -0.05) is 19.1 Å². The summed E-state index contributed by atoms with van der Waals surface area (Å²) in [5.41, 5.74) is -0.0201. The van der Waals surface area contributed by atoms with Crippen LogP contribution in [-0.2, 0) is 0 Å². The quantitative estimate of drug-likeness (QED) is 0.776. The van der Waals surface area contributed by atoms with Gasteiger partial charge >= 0.3 is 0 Å². The fourth-order valence-electron chi connectivity index (χ4n) is 1.13. The van der Waals surface area contributed by atoms with E-state index in [-0.39, 0.29) is 12.4 Å². The zero-order chi connectivity index (χ0) is 10.6. The Morgan fingerprint density at radius 1 is 1.43 bits per heavy atom. The van der Waals surface area contributed by atoms with Crippen LogP contribution in [0.4, 0.5) is 10.1 Å². The molecular formula is C11H16FNO. The first-order chi connectivity index (χ1) is 6.61. The van der Waals surface area contributed by atoms with E-state index in [9.17, 15) is 4.39 Å². The second-order valence-corrected chi connectivity index (χ2v) is 3.68. The van der Waals surface area contributed by atoms with Crippen molar-refractivity contribution in [3.05, 3.63) is 30.1 Å². The summed E-state index contributed by atoms with van der Waals surface area (Å²) >= 11 is 0. The number of hydrogen-bond donors (Lipinski definition) is 2. The van der Waals surface area contributed by atoms with Crippen molar-refractivity contribution in [3.63, 3.8) is 0 Å². The van der Waals surface area contributed by atoms with Crippen molar-refractivity contribution in [2.24, 2.45) is 0 Å². The number of benzene rings is 1. The van der Waals surface area contributed by atoms with Gasteiger partial charge in [0, 0.05) is 0 Å². The van der Waals surface area contributed by atoms with Crippen LogP contribution in [-0.4, -0.2) is 17.3 Å². The number of nitrogens with one attached hydrogen (secondary N) is 1. The van der Waals surface area contributed by atoms with E-state index in [2.05, 4.69) is 5.32 Å². The highest BCUT2D eigenvalue weighted by molar-refractivity contribution is 5.46. The van der Waals surface area contributed by atoms with Gasteiger partial charge in [-0.2, -0.15) is 0 Å². The molecular weight excluding hydrogens is 181 g/mol. The lowest BCUT2D eigenvalue weighted by atomic mass is 10.00. The molecule has 78 valence electrons. The fourth-order valence-corrected chi connectivity index (χ4v) is 1.13. The Morgan fingerprint density at radius 3 is 2.57 bits per heavy atom. The zero-order valence-corrected chi connectivity index (χ0v) is 8.55. The molecule has 0 aliphatic carbocycles. The lowest BCUT2D eigenvalue weighted by Gasteiger charge is -2.28. The van der Waals surface area contributed by atoms with Crippen molar-refractivity contribution in [2.45, 2.75) is 25.8 Å². The molecule has 14 heavy (non-hydrogen) atoms. The third-order valence-corrected chi connectivity index (χ3v) is 2.44. The molecule has 0 radical (unpaired) electrons. The lowest BCUT2D eigenvalue weighted by molar-refractivity contribution is 0.218. The summed E-state index contributed by atoms with van der Waals surface area (Å²) in [4.78, 5) is 0. The van der Waals surface area contributed by atoms with E-state index in [0.717, 1.165) is 6.42 Å². The molecule has 0 bridgehead atoms. The molecule has 1 atom stereocenters. The Hall–Kier alpha value is -1.09. The van der Waals surface area contributed by atoms with Crippen molar-refractivity contribution in [2.75, 3.05) is 11.9 Å². The van der Waals surface area contributed by atoms with Gasteiger partial charge < -0.3 is 10.4 Å². The molecule has 2 N–H and O–H groups in total. The van der Waals surface area contributed by atoms with Crippen molar-refractivity contribution in [1.29, 1.82) is 0 Å². The van der Waals surface area contributed by atoms with E-state index in [1.807, 2.05) is 13.8 Å². The highest BCUT2D eigenvalue weighted by atomic mass is 19.1. The molecule has 0 spiro atoms. The molecule has 0 saturated carbocycles. The van der Waals surface area contributed by atoms with E-state index >= 15 is 0 Å². The van der Waals surface area contributed by atoms with Gasteiger partial charge in [0.2, 0.25) is 0 Å². The van der Waals surface area contributed by atoms with Gasteiger partial charge in [-0.3, -0.25) is 0 Å². The first-order valence-corrected chi connectivity index (χ1v) is 4.75. The third-order valence-electron chi connectivity index (χ3n) is 2.44. The molecule has 1 unspecified atom stereocenters. The average molecular weight is 197 g/mol. The molecule has 0 fully saturated rings. The van der Waals surface area contributed by atoms with E-state index in [1.165, 1.54) is 6.07 Å². The van der Waals surface area contributed by atoms with Crippen molar-refractivity contribution in [1.82, 2.24) is 0 Å². The Morgan fingerprint density at radius 2 is 2.07 bits per heavy atom. The van der Waals surface area contributed by atoms with Crippen molar-refractivity contribution in [3.8, 4) is 0 Å². The summed E-state index contributed by atoms with van der Waals surface area (Å²) in [7, 11) is 0. The van der Waals surface area contributed by atoms with Crippen LogP contribution in [0, 0.1) is 5.82 Å². The maximum absolute atomic E-state index is 13.2. The predicted molar refractivity (Wildman–Crippen MR) is 55.8 cm³/mol. The number of hydrogen-bond acceptors (Lipinski definition) is 2. The Labute approximate surface area is 83.8 Å². The molecule has 0 heterocycles. The van der Waals surface area contributed by atoms with Crippen LogP contribution in [0.3, 0.4) is 0 Å². The smallest absolute Gasteiger partial charge is 0.146 e. The Bertz CT molecular complexity index is 297. The van der Waals surface area contributed by atoms with Crippen LogP contribution >= 0.6 is 0 Å². The van der Waals surface area contributed by atoms with Crippen LogP contribution in [0.2, 0.25) is 0 Å². The number of anilines is 1. The number of rotatable bonds is 4. The van der Waals surface area contributed by atoms with Crippen LogP contribution in [0.25, 0.3) is 0 Å². The highest BCUT2D eigenvalue weighted by Gasteiger charge is 2.21. The normalized spacial score (nSPS) is 14.9. The maximum atomic E-state index is 13.2. The summed E-state index contributed by atoms with van der Waals surface area (Å²) in [5, 5.41) is 12.2. The number of halogens is 1. The van der Waals surface area contributed by atoms with Crippen LogP contribution in [0.1, 0.15) is 20.3 Å². The average Bonchev–Trinajstić information content (AvgIpc) is 2.21. The van der Waals surface area contributed by atoms with Gasteiger partial charge in [0.15, 0.2) is 0 Å². The van der Waals surface area contributed by atoms with Crippen molar-refractivity contribution < 1.29 is 9.50 Å². The molecule has 0 aliphatic rings. The van der Waals surface area contributed by atoms with Gasteiger partial charge in [0.1, 0.15) is 5.82 Å². The topological polar surface area (TPSA) is 32.3 Å². The molecule has 0 amide bonds. The maximum Gasteiger partial charge on any atom is 0.146 e. The summed E-state index contributed by atoms with van der Waals surface area (Å²) < 4.78 is 13.2. The minimum Gasteiger partial charge on any atom is -0.394 e. The summed E-state index contributed by atoms with van der Waals surface area (Å²) in [6.07, 6.45) is 0.734. The minimum atomic E-state index is -0.456. The number of para-hydroxylation sites is 1. The number of aliphatic hydroxyl groups excluding tert-OH is 1. The van der Waals surface area contributed by atoms with E-state index in [4.69, 9.17) is 5.11 Å². The molecule has 0 aliphatic heterocycles. The molecule has 2 nitrogen and oxygen atoms in total. The standard InChI is InChI=1S/C11H16FNO/c1-3-11(2,8-14)13-10-7-5-4-6-9(10)12/h4-7,13-14H,3,8H2,1-2H3. The zero-order valence-electron chi connectivity index (χ0n) is 8.55. The second kappa shape index (κ2) is 4.42. The molecule has 1 aromatic rings. The van der Waals surface area contributed by atoms with Crippen LogP contribution in [0.5, 0.6) is 0 Å². The van der Waals surface area contributed by atoms with E-state index < -0.39 is 5.54 Å². The molecule has 0 aromatic heterocycles. The molecule has 1 aromatic carbocycles. The monoisotopic (exact) mass is 197 g/mol. The fraction of sp³-hybridized carbons (Fsp3) is 0.455. The minimum absolute atomic E-state index is 0.0160. The summed E-state index contributed by atoms with van der Waals surface area (Å²) in [5.74, 6) is -0.291. The van der Waals surface area contributed by atoms with Gasteiger partial charge in [-0.15, -0.1) is 0 Å². The second-order valence-electron chi connectivity index (χ2n) is 3.68. The highest BCUT2D eigenvalue weighted by Crippen LogP contribution is 2.20. The first-order valence-electron chi connectivity index (χ1n) is 4.75. The van der Waals surface area contributed by atoms with Gasteiger partial charge in [-0.05, 0) is 25.5 Å². The van der Waals surface area contributed by atoms with Gasteiger partial charge in [-0.25, -0.2) is 4.39 Å². The lowest BCUT2D eigenvalue weighted by Crippen LogP contribution is -2.38. The number of aliphatic hydroxyl groups is 1. The Balaban J connectivity index is 2.82. The summed E-state index contributed by atoms with van der Waals surface area (Å²) in [6.45, 7) is 3.79. The van der Waals surface area contributed by atoms with Crippen LogP contribution in [0.15, 0.2) is 24.3 Å². The Kier molecular flexibility index (Phi) is 3.47. The van der Waals surface area contributed by atoms with Crippen molar-refractivity contribution >= 4 is 5.69 Å². The van der Waals surface area contributed by atoms with Gasteiger partial charge in [0.05, 0.1) is 17.8 Å². The van der Waals surface area contributed by atoms with E-state index in [0.29, 0.717) is 5.69 Å². The molecule has 1 rings (SSSR count). The van der Waals surface area contributed by atoms with E-state index in [1.54, 1.807) is 18.2 Å². The largest absolute Gasteiger partial charge is 0.394 e. The molecule has 3 heteroatoms. The third kappa shape index (κ3) is 2.45. The summed E-state index contributed by atoms with van der Waals surface area (Å²) in [6, 6.07) is 6.47.